The maximum absolute atomic E-state index is 5.50. The highest BCUT2D eigenvalue weighted by Crippen LogP contribution is 2.03. The number of hydrogen-bond donors (Lipinski definition) is 1. The van der Waals surface area contributed by atoms with Gasteiger partial charge in [-0.25, -0.2) is 0 Å². The molecular weight excluding hydrogens is 147 g/mol. The van der Waals surface area contributed by atoms with Gasteiger partial charge >= 0.3 is 0 Å². The molecule has 1 rings (SSSR count). The highest BCUT2D eigenvalue weighted by atomic mass is 35.5. The largest absolute Gasteiger partial charge is 0.357 e. The van der Waals surface area contributed by atoms with E-state index in [1.807, 2.05) is 0 Å². The van der Waals surface area contributed by atoms with E-state index in [4.69, 9.17) is 23.2 Å². The second kappa shape index (κ2) is 2.37. The molecule has 0 fully saturated rings. The zero-order chi connectivity index (χ0) is 5.98. The van der Waals surface area contributed by atoms with E-state index in [0.29, 0.717) is 17.0 Å². The van der Waals surface area contributed by atoms with Gasteiger partial charge < -0.3 is 5.32 Å². The lowest BCUT2D eigenvalue weighted by Gasteiger charge is -2.04. The molecular formula is C4H4Cl2N2. The molecule has 0 aromatic rings. The van der Waals surface area contributed by atoms with Crippen molar-refractivity contribution in [2.75, 3.05) is 6.67 Å². The van der Waals surface area contributed by atoms with Crippen LogP contribution < -0.4 is 5.32 Å². The van der Waals surface area contributed by atoms with Gasteiger partial charge in [0.15, 0.2) is 0 Å². The van der Waals surface area contributed by atoms with E-state index in [0.717, 1.165) is 0 Å². The second-order valence-electron chi connectivity index (χ2n) is 1.31. The van der Waals surface area contributed by atoms with E-state index in [2.05, 4.69) is 10.3 Å². The number of hydrogen-bond acceptors (Lipinski definition) is 2. The Balaban J connectivity index is 2.69. The van der Waals surface area contributed by atoms with Gasteiger partial charge in [-0.3, -0.25) is 4.99 Å². The minimum atomic E-state index is 0.453. The summed E-state index contributed by atoms with van der Waals surface area (Å²) in [7, 11) is 0. The fraction of sp³-hybridized carbons (Fsp3) is 0.250. The first kappa shape index (κ1) is 5.92. The van der Waals surface area contributed by atoms with Gasteiger partial charge in [-0.15, -0.1) is 0 Å². The van der Waals surface area contributed by atoms with E-state index < -0.39 is 0 Å². The van der Waals surface area contributed by atoms with Crippen molar-refractivity contribution >= 4 is 28.4 Å². The zero-order valence-corrected chi connectivity index (χ0v) is 5.50. The quantitative estimate of drug-likeness (QED) is 0.518. The van der Waals surface area contributed by atoms with Crippen molar-refractivity contribution in [3.8, 4) is 0 Å². The van der Waals surface area contributed by atoms with Gasteiger partial charge in [-0.1, -0.05) is 23.2 Å². The summed E-state index contributed by atoms with van der Waals surface area (Å²) in [5.74, 6) is 0. The van der Waals surface area contributed by atoms with Gasteiger partial charge in [-0.2, -0.15) is 0 Å². The minimum absolute atomic E-state index is 0.453. The Labute approximate surface area is 57.2 Å². The summed E-state index contributed by atoms with van der Waals surface area (Å²) in [6, 6.07) is 0. The molecule has 0 amide bonds. The third-order valence-corrected chi connectivity index (χ3v) is 1.20. The molecule has 1 aliphatic heterocycles. The lowest BCUT2D eigenvalue weighted by Crippen LogP contribution is -2.14. The Bertz CT molecular complexity index is 150. The Morgan fingerprint density at radius 3 is 2.75 bits per heavy atom. The third kappa shape index (κ3) is 1.39. The van der Waals surface area contributed by atoms with Gasteiger partial charge in [0, 0.05) is 6.08 Å². The van der Waals surface area contributed by atoms with Crippen LogP contribution in [-0.4, -0.2) is 11.8 Å². The van der Waals surface area contributed by atoms with Crippen molar-refractivity contribution in [2.45, 2.75) is 0 Å². The van der Waals surface area contributed by atoms with Gasteiger partial charge in [0.2, 0.25) is 0 Å². The molecule has 44 valence electrons. The molecule has 0 saturated carbocycles. The number of halogens is 2. The van der Waals surface area contributed by atoms with E-state index in [-0.39, 0.29) is 0 Å². The average molecular weight is 151 g/mol. The molecule has 8 heavy (non-hydrogen) atoms. The SMILES string of the molecule is ClC1=CC(Cl)=NCN1. The van der Waals surface area contributed by atoms with Gasteiger partial charge in [0.1, 0.15) is 17.0 Å². The van der Waals surface area contributed by atoms with Crippen molar-refractivity contribution in [1.29, 1.82) is 0 Å². The molecule has 1 aliphatic rings. The molecule has 2 nitrogen and oxygen atoms in total. The zero-order valence-electron chi connectivity index (χ0n) is 3.99. The summed E-state index contributed by atoms with van der Waals surface area (Å²) >= 11 is 11.0. The Morgan fingerprint density at radius 2 is 2.38 bits per heavy atom. The molecule has 1 heterocycles. The lowest BCUT2D eigenvalue weighted by molar-refractivity contribution is 0.861. The lowest BCUT2D eigenvalue weighted by atomic mass is 10.6. The van der Waals surface area contributed by atoms with Crippen molar-refractivity contribution in [3.63, 3.8) is 0 Å². The normalized spacial score (nSPS) is 18.8. The monoisotopic (exact) mass is 150 g/mol. The summed E-state index contributed by atoms with van der Waals surface area (Å²) in [5, 5.41) is 3.77. The summed E-state index contributed by atoms with van der Waals surface area (Å²) in [5.41, 5.74) is 0. The van der Waals surface area contributed by atoms with Crippen LogP contribution in [0.3, 0.4) is 0 Å². The highest BCUT2D eigenvalue weighted by Gasteiger charge is 1.97. The van der Waals surface area contributed by atoms with Crippen molar-refractivity contribution in [3.05, 3.63) is 11.2 Å². The maximum atomic E-state index is 5.50. The van der Waals surface area contributed by atoms with Crippen LogP contribution in [0.15, 0.2) is 16.2 Å². The van der Waals surface area contributed by atoms with E-state index in [1.54, 1.807) is 6.08 Å². The summed E-state index contributed by atoms with van der Waals surface area (Å²) in [4.78, 5) is 3.79. The molecule has 0 radical (unpaired) electrons. The molecule has 0 aliphatic carbocycles. The maximum Gasteiger partial charge on any atom is 0.128 e. The molecule has 0 unspecified atom stereocenters. The second-order valence-corrected chi connectivity index (χ2v) is 2.10. The first-order chi connectivity index (χ1) is 3.79. The number of nitrogens with one attached hydrogen (secondary N) is 1. The standard InChI is InChI=1S/C4H4Cl2N2/c5-3-1-4(6)8-2-7-3/h1,7H,2H2. The molecule has 1 N–H and O–H groups in total. The van der Waals surface area contributed by atoms with Crippen LogP contribution in [0.4, 0.5) is 0 Å². The molecule has 0 saturated heterocycles. The van der Waals surface area contributed by atoms with Crippen molar-refractivity contribution in [1.82, 2.24) is 5.32 Å². The smallest absolute Gasteiger partial charge is 0.128 e. The van der Waals surface area contributed by atoms with Crippen LogP contribution >= 0.6 is 23.2 Å². The van der Waals surface area contributed by atoms with Crippen LogP contribution in [0.2, 0.25) is 0 Å². The van der Waals surface area contributed by atoms with Gasteiger partial charge in [0.05, 0.1) is 0 Å². The number of nitrogens with zero attached hydrogens (tertiary/aromatic N) is 1. The first-order valence-corrected chi connectivity index (χ1v) is 2.85. The average Bonchev–Trinajstić information content (AvgIpc) is 1.64. The summed E-state index contributed by atoms with van der Waals surface area (Å²) in [6.07, 6.45) is 1.56. The summed E-state index contributed by atoms with van der Waals surface area (Å²) in [6.45, 7) is 0.480. The highest BCUT2D eigenvalue weighted by molar-refractivity contribution is 6.69. The Hall–Kier alpha value is -0.210. The number of aliphatic imine (C=N–C) groups is 1. The number of rotatable bonds is 0. The van der Waals surface area contributed by atoms with E-state index in [9.17, 15) is 0 Å². The van der Waals surface area contributed by atoms with Gasteiger partial charge in [-0.05, 0) is 0 Å². The first-order valence-electron chi connectivity index (χ1n) is 2.10. The van der Waals surface area contributed by atoms with Crippen LogP contribution in [0.1, 0.15) is 0 Å². The molecule has 0 atom stereocenters. The topological polar surface area (TPSA) is 24.4 Å². The molecule has 4 heteroatoms. The summed E-state index contributed by atoms with van der Waals surface area (Å²) < 4.78 is 0. The van der Waals surface area contributed by atoms with Gasteiger partial charge in [0.25, 0.3) is 0 Å². The minimum Gasteiger partial charge on any atom is -0.357 e. The Kier molecular flexibility index (Phi) is 1.76. The van der Waals surface area contributed by atoms with Crippen molar-refractivity contribution in [2.24, 2.45) is 4.99 Å². The molecule has 0 bridgehead atoms. The predicted octanol–water partition coefficient (Wildman–Crippen LogP) is 1.26. The predicted molar refractivity (Wildman–Crippen MR) is 35.2 cm³/mol. The molecule has 0 aromatic heterocycles. The van der Waals surface area contributed by atoms with Crippen LogP contribution in [0.25, 0.3) is 0 Å². The molecule has 0 aromatic carbocycles. The fourth-order valence-corrected chi connectivity index (χ4v) is 0.780. The van der Waals surface area contributed by atoms with Crippen LogP contribution in [-0.2, 0) is 0 Å². The Morgan fingerprint density at radius 1 is 1.62 bits per heavy atom. The van der Waals surface area contributed by atoms with E-state index >= 15 is 0 Å². The third-order valence-electron chi connectivity index (χ3n) is 0.724. The van der Waals surface area contributed by atoms with Crippen LogP contribution in [0, 0.1) is 0 Å². The molecule has 0 spiro atoms. The van der Waals surface area contributed by atoms with Crippen molar-refractivity contribution < 1.29 is 0 Å². The van der Waals surface area contributed by atoms with E-state index in [1.165, 1.54) is 0 Å². The fourth-order valence-electron chi connectivity index (χ4n) is 0.392. The number of allylic oxidation sites excluding steroid dienone is 1. The van der Waals surface area contributed by atoms with Crippen LogP contribution in [0.5, 0.6) is 0 Å².